The number of hydrogen-bond donors (Lipinski definition) is 2. The number of carbonyl (C=O) groups excluding carboxylic acids is 1. The first kappa shape index (κ1) is 15.1. The first-order chi connectivity index (χ1) is 8.87. The zero-order valence-electron chi connectivity index (χ0n) is 11.4. The molecule has 1 aromatic rings. The van der Waals surface area contributed by atoms with E-state index in [-0.39, 0.29) is 18.0 Å². The van der Waals surface area contributed by atoms with Gasteiger partial charge in [0.25, 0.3) is 0 Å². The molecule has 1 atom stereocenters. The summed E-state index contributed by atoms with van der Waals surface area (Å²) in [4.78, 5) is 12.2. The van der Waals surface area contributed by atoms with Gasteiger partial charge < -0.3 is 11.1 Å². The largest absolute Gasteiger partial charge is 0.329 e. The molecule has 0 aliphatic rings. The number of benzene rings is 1. The maximum Gasteiger partial charge on any atom is 0.231 e. The molecule has 1 amide bonds. The van der Waals surface area contributed by atoms with E-state index in [1.807, 2.05) is 13.0 Å². The topological polar surface area (TPSA) is 78.9 Å². The van der Waals surface area contributed by atoms with E-state index in [2.05, 4.69) is 5.32 Å². The highest BCUT2D eigenvalue weighted by Crippen LogP contribution is 2.25. The molecule has 1 unspecified atom stereocenters. The minimum absolute atomic E-state index is 0.171. The number of anilines is 1. The van der Waals surface area contributed by atoms with Gasteiger partial charge in [0, 0.05) is 17.8 Å². The zero-order valence-corrected chi connectivity index (χ0v) is 11.4. The molecule has 5 heteroatoms. The third-order valence-corrected chi connectivity index (χ3v) is 3.50. The van der Waals surface area contributed by atoms with Gasteiger partial charge in [-0.1, -0.05) is 6.92 Å². The minimum atomic E-state index is -0.703. The lowest BCUT2D eigenvalue weighted by molar-refractivity contribution is -0.124. The van der Waals surface area contributed by atoms with Crippen molar-refractivity contribution >= 4 is 11.6 Å². The number of carbonyl (C=O) groups is 1. The van der Waals surface area contributed by atoms with Crippen LogP contribution in [0.2, 0.25) is 0 Å². The van der Waals surface area contributed by atoms with Crippen molar-refractivity contribution in [1.29, 1.82) is 5.26 Å². The Morgan fingerprint density at radius 3 is 2.68 bits per heavy atom. The molecule has 1 rings (SSSR count). The Bertz CT molecular complexity index is 530. The van der Waals surface area contributed by atoms with Crippen LogP contribution in [-0.2, 0) is 4.79 Å². The molecule has 0 fully saturated rings. The van der Waals surface area contributed by atoms with Crippen LogP contribution in [0.1, 0.15) is 31.4 Å². The second-order valence-corrected chi connectivity index (χ2v) is 4.81. The van der Waals surface area contributed by atoms with Crippen LogP contribution in [-0.4, -0.2) is 12.5 Å². The normalized spacial score (nSPS) is 13.5. The van der Waals surface area contributed by atoms with E-state index >= 15 is 0 Å². The molecule has 102 valence electrons. The van der Waals surface area contributed by atoms with Crippen LogP contribution in [0.4, 0.5) is 10.1 Å². The molecule has 0 saturated heterocycles. The van der Waals surface area contributed by atoms with Gasteiger partial charge in [-0.3, -0.25) is 4.79 Å². The van der Waals surface area contributed by atoms with Crippen molar-refractivity contribution in [2.75, 3.05) is 11.9 Å². The van der Waals surface area contributed by atoms with Crippen molar-refractivity contribution < 1.29 is 9.18 Å². The molecule has 0 radical (unpaired) electrons. The summed E-state index contributed by atoms with van der Waals surface area (Å²) in [7, 11) is 0. The van der Waals surface area contributed by atoms with Gasteiger partial charge in [0.2, 0.25) is 5.91 Å². The summed E-state index contributed by atoms with van der Waals surface area (Å²) in [5.74, 6) is -0.782. The number of nitrogens with two attached hydrogens (primary N) is 1. The molecule has 19 heavy (non-hydrogen) atoms. The van der Waals surface area contributed by atoms with Crippen molar-refractivity contribution in [1.82, 2.24) is 0 Å². The Labute approximate surface area is 112 Å². The fourth-order valence-electron chi connectivity index (χ4n) is 1.54. The average molecular weight is 263 g/mol. The highest BCUT2D eigenvalue weighted by Gasteiger charge is 2.30. The van der Waals surface area contributed by atoms with Crippen LogP contribution in [0.3, 0.4) is 0 Å². The van der Waals surface area contributed by atoms with E-state index in [9.17, 15) is 9.18 Å². The van der Waals surface area contributed by atoms with E-state index in [0.717, 1.165) is 6.07 Å². The summed E-state index contributed by atoms with van der Waals surface area (Å²) in [6, 6.07) is 4.47. The van der Waals surface area contributed by atoms with Crippen LogP contribution in [0, 0.1) is 29.5 Å². The Kier molecular flexibility index (Phi) is 4.62. The molecule has 0 aliphatic carbocycles. The maximum absolute atomic E-state index is 13.6. The maximum atomic E-state index is 13.6. The van der Waals surface area contributed by atoms with Crippen LogP contribution in [0.25, 0.3) is 0 Å². The fraction of sp³-hybridized carbons (Fsp3) is 0.429. The molecular weight excluding hydrogens is 245 g/mol. The summed E-state index contributed by atoms with van der Waals surface area (Å²) in [5, 5.41) is 11.5. The van der Waals surface area contributed by atoms with Gasteiger partial charge in [0.05, 0.1) is 17.0 Å². The van der Waals surface area contributed by atoms with Crippen molar-refractivity contribution in [3.63, 3.8) is 0 Å². The van der Waals surface area contributed by atoms with E-state index in [1.54, 1.807) is 13.8 Å². The minimum Gasteiger partial charge on any atom is -0.329 e. The number of nitrogens with zero attached hydrogens (tertiary/aromatic N) is 1. The zero-order chi connectivity index (χ0) is 14.6. The predicted molar refractivity (Wildman–Crippen MR) is 71.9 cm³/mol. The SMILES string of the molecule is CCC(C)(CN)C(=O)Nc1cc(C#N)cc(F)c1C. The second-order valence-electron chi connectivity index (χ2n) is 4.81. The first-order valence-electron chi connectivity index (χ1n) is 6.09. The van der Waals surface area contributed by atoms with Crippen LogP contribution in [0.5, 0.6) is 0 Å². The van der Waals surface area contributed by atoms with Gasteiger partial charge in [-0.05, 0) is 32.4 Å². The number of nitrogens with one attached hydrogen (secondary N) is 1. The van der Waals surface area contributed by atoms with Gasteiger partial charge in [0.1, 0.15) is 5.82 Å². The van der Waals surface area contributed by atoms with E-state index in [0.29, 0.717) is 17.7 Å². The van der Waals surface area contributed by atoms with E-state index < -0.39 is 11.2 Å². The number of hydrogen-bond acceptors (Lipinski definition) is 3. The Balaban J connectivity index is 3.10. The number of halogens is 1. The first-order valence-corrected chi connectivity index (χ1v) is 6.09. The Morgan fingerprint density at radius 1 is 1.58 bits per heavy atom. The molecule has 0 spiro atoms. The van der Waals surface area contributed by atoms with Crippen molar-refractivity contribution in [3.8, 4) is 6.07 Å². The average Bonchev–Trinajstić information content (AvgIpc) is 2.42. The smallest absolute Gasteiger partial charge is 0.231 e. The van der Waals surface area contributed by atoms with Gasteiger partial charge in [-0.15, -0.1) is 0 Å². The molecule has 0 aliphatic heterocycles. The fourth-order valence-corrected chi connectivity index (χ4v) is 1.54. The molecular formula is C14H18FN3O. The third-order valence-electron chi connectivity index (χ3n) is 3.50. The van der Waals surface area contributed by atoms with Crippen LogP contribution in [0.15, 0.2) is 12.1 Å². The number of nitriles is 1. The summed E-state index contributed by atoms with van der Waals surface area (Å²) < 4.78 is 13.6. The predicted octanol–water partition coefficient (Wildman–Crippen LogP) is 2.32. The summed E-state index contributed by atoms with van der Waals surface area (Å²) in [6.45, 7) is 5.38. The summed E-state index contributed by atoms with van der Waals surface area (Å²) in [6.07, 6.45) is 0.578. The van der Waals surface area contributed by atoms with Gasteiger partial charge >= 0.3 is 0 Å². The quantitative estimate of drug-likeness (QED) is 0.875. The van der Waals surface area contributed by atoms with Crippen molar-refractivity contribution in [3.05, 3.63) is 29.1 Å². The lowest BCUT2D eigenvalue weighted by Gasteiger charge is -2.25. The highest BCUT2D eigenvalue weighted by molar-refractivity contribution is 5.96. The van der Waals surface area contributed by atoms with Crippen LogP contribution < -0.4 is 11.1 Å². The van der Waals surface area contributed by atoms with Gasteiger partial charge in [0.15, 0.2) is 0 Å². The van der Waals surface area contributed by atoms with Crippen molar-refractivity contribution in [2.24, 2.45) is 11.1 Å². The number of amides is 1. The molecule has 0 heterocycles. The molecule has 4 nitrogen and oxygen atoms in total. The third kappa shape index (κ3) is 3.09. The summed E-state index contributed by atoms with van der Waals surface area (Å²) >= 11 is 0. The van der Waals surface area contributed by atoms with Crippen molar-refractivity contribution in [2.45, 2.75) is 27.2 Å². The Hall–Kier alpha value is -1.93. The van der Waals surface area contributed by atoms with Crippen LogP contribution >= 0.6 is 0 Å². The molecule has 1 aromatic carbocycles. The molecule has 0 saturated carbocycles. The lowest BCUT2D eigenvalue weighted by atomic mass is 9.86. The lowest BCUT2D eigenvalue weighted by Crippen LogP contribution is -2.39. The van der Waals surface area contributed by atoms with Gasteiger partial charge in [-0.25, -0.2) is 4.39 Å². The molecule has 3 N–H and O–H groups in total. The summed E-state index contributed by atoms with van der Waals surface area (Å²) in [5.41, 5.74) is 5.70. The van der Waals surface area contributed by atoms with Gasteiger partial charge in [-0.2, -0.15) is 5.26 Å². The van der Waals surface area contributed by atoms with E-state index in [4.69, 9.17) is 11.0 Å². The highest BCUT2D eigenvalue weighted by atomic mass is 19.1. The number of rotatable bonds is 4. The Morgan fingerprint density at radius 2 is 2.21 bits per heavy atom. The van der Waals surface area contributed by atoms with E-state index in [1.165, 1.54) is 6.07 Å². The second kappa shape index (κ2) is 5.81. The molecule has 0 aromatic heterocycles. The standard InChI is InChI=1S/C14H18FN3O/c1-4-14(3,8-17)13(19)18-12-6-10(7-16)5-11(15)9(12)2/h5-6H,4,8,17H2,1-3H3,(H,18,19). The molecule has 0 bridgehead atoms. The monoisotopic (exact) mass is 263 g/mol.